The normalized spacial score (nSPS) is 14.4. The highest BCUT2D eigenvalue weighted by molar-refractivity contribution is 6.34. The summed E-state index contributed by atoms with van der Waals surface area (Å²) < 4.78 is 11.1. The van der Waals surface area contributed by atoms with Crippen LogP contribution in [-0.2, 0) is 14.3 Å². The van der Waals surface area contributed by atoms with Crippen molar-refractivity contribution >= 4 is 46.7 Å². The van der Waals surface area contributed by atoms with Crippen LogP contribution < -0.4 is 10.1 Å². The fourth-order valence-electron chi connectivity index (χ4n) is 3.51. The van der Waals surface area contributed by atoms with Gasteiger partial charge in [0.05, 0.1) is 21.1 Å². The topological polar surface area (TPSA) is 140 Å². The number of anilines is 1. The molecule has 12 heteroatoms. The maximum atomic E-state index is 12.5. The number of ether oxygens (including phenoxy) is 2. The minimum absolute atomic E-state index is 0.0152. The molecule has 3 aromatic rings. The van der Waals surface area contributed by atoms with Crippen molar-refractivity contribution in [2.45, 2.75) is 20.1 Å². The van der Waals surface area contributed by atoms with Gasteiger partial charge >= 0.3 is 5.97 Å². The van der Waals surface area contributed by atoms with E-state index in [1.807, 2.05) is 0 Å². The number of amides is 2. The first-order chi connectivity index (χ1) is 17.6. The number of halogens is 1. The quantitative estimate of drug-likeness (QED) is 0.215. The molecule has 0 radical (unpaired) electrons. The minimum Gasteiger partial charge on any atom is -0.446 e. The van der Waals surface area contributed by atoms with Crippen LogP contribution in [0.4, 0.5) is 11.4 Å². The predicted octanol–water partition coefficient (Wildman–Crippen LogP) is 4.66. The van der Waals surface area contributed by atoms with E-state index >= 15 is 0 Å². The third-order valence-corrected chi connectivity index (χ3v) is 5.53. The van der Waals surface area contributed by atoms with Gasteiger partial charge in [-0.15, -0.1) is 5.10 Å². The molecule has 0 saturated heterocycles. The van der Waals surface area contributed by atoms with Crippen molar-refractivity contribution in [3.8, 4) is 5.75 Å². The number of rotatable bonds is 6. The van der Waals surface area contributed by atoms with Crippen molar-refractivity contribution in [1.82, 2.24) is 5.01 Å². The number of carbonyl (C=O) groups excluding carboxylic acids is 3. The second-order valence-corrected chi connectivity index (χ2v) is 8.23. The highest BCUT2D eigenvalue weighted by atomic mass is 35.5. The molecule has 0 bridgehead atoms. The smallest absolute Gasteiger partial charge is 0.308 e. The fourth-order valence-corrected chi connectivity index (χ4v) is 3.73. The van der Waals surface area contributed by atoms with Crippen LogP contribution in [0.5, 0.6) is 5.75 Å². The van der Waals surface area contributed by atoms with E-state index < -0.39 is 28.9 Å². The molecular weight excluding hydrogens is 504 g/mol. The number of hydrogen-bond acceptors (Lipinski definition) is 8. The molecule has 2 amide bonds. The van der Waals surface area contributed by atoms with Crippen LogP contribution in [0, 0.1) is 10.1 Å². The molecule has 11 nitrogen and oxygen atoms in total. The zero-order valence-corrected chi connectivity index (χ0v) is 20.3. The SMILES string of the molecule is CC(=O)Oc1ccc([N+](=O)[O-])cc1C1=NN(C(C)=O)C(c2ccc(NC(=O)c3ccccc3Cl)cc2)O1. The summed E-state index contributed by atoms with van der Waals surface area (Å²) in [5.41, 5.74) is 1.03. The highest BCUT2D eigenvalue weighted by Crippen LogP contribution is 2.34. The van der Waals surface area contributed by atoms with Crippen LogP contribution in [0.1, 0.15) is 41.6 Å². The minimum atomic E-state index is -1.01. The first-order valence-electron chi connectivity index (χ1n) is 10.8. The van der Waals surface area contributed by atoms with E-state index in [4.69, 9.17) is 21.1 Å². The van der Waals surface area contributed by atoms with Crippen LogP contribution >= 0.6 is 11.6 Å². The second-order valence-electron chi connectivity index (χ2n) is 7.83. The Bertz CT molecular complexity index is 1440. The van der Waals surface area contributed by atoms with Crippen molar-refractivity contribution in [2.24, 2.45) is 5.10 Å². The number of nitro groups is 1. The van der Waals surface area contributed by atoms with Crippen molar-refractivity contribution < 1.29 is 28.8 Å². The van der Waals surface area contributed by atoms with Gasteiger partial charge in [0.1, 0.15) is 5.75 Å². The summed E-state index contributed by atoms with van der Waals surface area (Å²) in [7, 11) is 0. The lowest BCUT2D eigenvalue weighted by Crippen LogP contribution is -2.25. The van der Waals surface area contributed by atoms with E-state index in [0.29, 0.717) is 21.8 Å². The average Bonchev–Trinajstić information content (AvgIpc) is 3.30. The Kier molecular flexibility index (Phi) is 7.16. The number of hydrazone groups is 1. The van der Waals surface area contributed by atoms with Crippen LogP contribution in [0.25, 0.3) is 0 Å². The van der Waals surface area contributed by atoms with Crippen molar-refractivity contribution in [3.63, 3.8) is 0 Å². The zero-order valence-electron chi connectivity index (χ0n) is 19.5. The lowest BCUT2D eigenvalue weighted by Gasteiger charge is -2.19. The van der Waals surface area contributed by atoms with Crippen LogP contribution in [-0.4, -0.2) is 33.6 Å². The molecule has 188 valence electrons. The van der Waals surface area contributed by atoms with E-state index in [-0.39, 0.29) is 22.9 Å². The number of carbonyl (C=O) groups is 3. The number of nitrogens with one attached hydrogen (secondary N) is 1. The predicted molar refractivity (Wildman–Crippen MR) is 133 cm³/mol. The summed E-state index contributed by atoms with van der Waals surface area (Å²) in [4.78, 5) is 47.1. The van der Waals surface area contributed by atoms with Gasteiger partial charge in [0, 0.05) is 37.2 Å². The maximum absolute atomic E-state index is 12.5. The molecule has 1 heterocycles. The molecule has 37 heavy (non-hydrogen) atoms. The van der Waals surface area contributed by atoms with Crippen LogP contribution in [0.3, 0.4) is 0 Å². The second kappa shape index (κ2) is 10.5. The number of hydrogen-bond donors (Lipinski definition) is 1. The summed E-state index contributed by atoms with van der Waals surface area (Å²) in [5.74, 6) is -1.66. The summed E-state index contributed by atoms with van der Waals surface area (Å²) in [6.07, 6.45) is -1.01. The Morgan fingerprint density at radius 3 is 2.41 bits per heavy atom. The summed E-state index contributed by atoms with van der Waals surface area (Å²) in [6, 6.07) is 16.7. The number of benzene rings is 3. The number of non-ortho nitro benzene ring substituents is 1. The Balaban J connectivity index is 1.60. The number of nitrogens with zero attached hydrogens (tertiary/aromatic N) is 3. The van der Waals surface area contributed by atoms with Crippen molar-refractivity contribution in [2.75, 3.05) is 5.32 Å². The lowest BCUT2D eigenvalue weighted by atomic mass is 10.1. The van der Waals surface area contributed by atoms with E-state index in [1.165, 1.54) is 26.0 Å². The van der Waals surface area contributed by atoms with Gasteiger partial charge in [-0.3, -0.25) is 24.5 Å². The van der Waals surface area contributed by atoms with E-state index in [9.17, 15) is 24.5 Å². The number of esters is 1. The van der Waals surface area contributed by atoms with Crippen molar-refractivity contribution in [3.05, 3.63) is 98.6 Å². The average molecular weight is 523 g/mol. The van der Waals surface area contributed by atoms with Gasteiger partial charge in [-0.05, 0) is 30.3 Å². The van der Waals surface area contributed by atoms with Crippen molar-refractivity contribution in [1.29, 1.82) is 0 Å². The first-order valence-corrected chi connectivity index (χ1v) is 11.2. The molecular formula is C25H19ClN4O7. The van der Waals surface area contributed by atoms with Gasteiger partial charge in [-0.1, -0.05) is 35.9 Å². The van der Waals surface area contributed by atoms with Gasteiger partial charge in [-0.2, -0.15) is 5.01 Å². The molecule has 1 N–H and O–H groups in total. The molecule has 0 saturated carbocycles. The van der Waals surface area contributed by atoms with Crippen LogP contribution in [0.2, 0.25) is 5.02 Å². The maximum Gasteiger partial charge on any atom is 0.308 e. The highest BCUT2D eigenvalue weighted by Gasteiger charge is 2.35. The van der Waals surface area contributed by atoms with Gasteiger partial charge in [-0.25, -0.2) is 0 Å². The van der Waals surface area contributed by atoms with Gasteiger partial charge in [0.2, 0.25) is 18.0 Å². The van der Waals surface area contributed by atoms with E-state index in [1.54, 1.807) is 48.5 Å². The summed E-state index contributed by atoms with van der Waals surface area (Å²) in [6.45, 7) is 2.46. The standard InChI is InChI=1S/C25H19ClN4O7/c1-14(31)29-25(16-7-9-17(10-8-16)27-23(33)19-5-3-4-6-21(19)26)37-24(28-29)20-13-18(30(34)35)11-12-22(20)36-15(2)32/h3-13,25H,1-2H3,(H,27,33). The van der Waals surface area contributed by atoms with Gasteiger partial charge in [0.25, 0.3) is 11.6 Å². The van der Waals surface area contributed by atoms with E-state index in [2.05, 4.69) is 10.4 Å². The monoisotopic (exact) mass is 522 g/mol. The molecule has 1 unspecified atom stereocenters. The molecule has 0 aromatic heterocycles. The molecule has 1 aliphatic heterocycles. The van der Waals surface area contributed by atoms with Crippen LogP contribution in [0.15, 0.2) is 71.8 Å². The Hall–Kier alpha value is -4.77. The molecule has 1 aliphatic rings. The molecule has 1 atom stereocenters. The first kappa shape index (κ1) is 25.3. The Morgan fingerprint density at radius 2 is 1.78 bits per heavy atom. The largest absolute Gasteiger partial charge is 0.446 e. The molecule has 4 rings (SSSR count). The third kappa shape index (κ3) is 5.57. The molecule has 0 aliphatic carbocycles. The summed E-state index contributed by atoms with van der Waals surface area (Å²) >= 11 is 6.08. The van der Waals surface area contributed by atoms with Gasteiger partial charge in [0.15, 0.2) is 0 Å². The molecule has 3 aromatic carbocycles. The molecule has 0 spiro atoms. The van der Waals surface area contributed by atoms with Gasteiger partial charge < -0.3 is 14.8 Å². The Labute approximate surface area is 215 Å². The van der Waals surface area contributed by atoms with E-state index in [0.717, 1.165) is 11.1 Å². The lowest BCUT2D eigenvalue weighted by molar-refractivity contribution is -0.384. The summed E-state index contributed by atoms with van der Waals surface area (Å²) in [5, 5.41) is 19.6. The number of nitro benzene ring substituents is 1. The zero-order chi connectivity index (χ0) is 26.7. The fraction of sp³-hybridized carbons (Fsp3) is 0.120. The molecule has 0 fully saturated rings. The third-order valence-electron chi connectivity index (χ3n) is 5.20. The Morgan fingerprint density at radius 1 is 1.08 bits per heavy atom.